The first-order valence-electron chi connectivity index (χ1n) is 10.5. The number of carbonyl (C=O) groups excluding carboxylic acids is 2. The van der Waals surface area contributed by atoms with Crippen LogP contribution in [-0.2, 0) is 9.59 Å². The average molecular weight is 421 g/mol. The number of nitrogens with zero attached hydrogens (tertiary/aromatic N) is 1. The molecule has 1 N–H and O–H groups in total. The lowest BCUT2D eigenvalue weighted by atomic mass is 9.94. The van der Waals surface area contributed by atoms with E-state index < -0.39 is 11.9 Å². The molecule has 0 bridgehead atoms. The summed E-state index contributed by atoms with van der Waals surface area (Å²) < 4.78 is 10.5. The fraction of sp³-hybridized carbons (Fsp3) is 0.360. The maximum Gasteiger partial charge on any atom is 0.303 e. The van der Waals surface area contributed by atoms with Gasteiger partial charge in [0.1, 0.15) is 17.5 Å². The Balaban J connectivity index is 2.01. The van der Waals surface area contributed by atoms with E-state index in [1.54, 1.807) is 62.8 Å². The van der Waals surface area contributed by atoms with Gasteiger partial charge in [-0.3, -0.25) is 14.5 Å². The van der Waals surface area contributed by atoms with Gasteiger partial charge < -0.3 is 14.8 Å². The van der Waals surface area contributed by atoms with Crippen LogP contribution in [-0.4, -0.2) is 32.1 Å². The van der Waals surface area contributed by atoms with E-state index in [1.165, 1.54) is 11.3 Å². The minimum Gasteiger partial charge on any atom is -0.497 e. The molecule has 1 aliphatic rings. The van der Waals surface area contributed by atoms with Crippen molar-refractivity contribution in [1.82, 2.24) is 5.32 Å². The van der Waals surface area contributed by atoms with Gasteiger partial charge in [0.05, 0.1) is 14.2 Å². The quantitative estimate of drug-likeness (QED) is 0.691. The Morgan fingerprint density at radius 1 is 0.968 bits per heavy atom. The molecular formula is C25H28N2O4. The van der Waals surface area contributed by atoms with Crippen molar-refractivity contribution in [3.05, 3.63) is 54.1 Å². The first-order chi connectivity index (χ1) is 15.1. The minimum absolute atomic E-state index is 0.0978. The molecule has 2 aromatic carbocycles. The standard InChI is InChI=1S/C25H28N2O4/c1-4-23(28)27(20-12-16-22(31-3)17-13-20)24(18-10-14-21(30-2)15-11-18)25(29)26-19-8-6-5-7-9-19/h1,10-17,19,24H,5-9H2,2-3H3,(H,26,29). The second kappa shape index (κ2) is 10.5. The summed E-state index contributed by atoms with van der Waals surface area (Å²) in [6, 6.07) is 13.2. The first-order valence-corrected chi connectivity index (χ1v) is 10.5. The van der Waals surface area contributed by atoms with Crippen LogP contribution in [0, 0.1) is 12.3 Å². The topological polar surface area (TPSA) is 67.9 Å². The summed E-state index contributed by atoms with van der Waals surface area (Å²) in [5.41, 5.74) is 1.16. The zero-order chi connectivity index (χ0) is 22.2. The van der Waals surface area contributed by atoms with Gasteiger partial charge in [-0.05, 0) is 60.7 Å². The lowest BCUT2D eigenvalue weighted by Gasteiger charge is -2.32. The van der Waals surface area contributed by atoms with E-state index in [0.29, 0.717) is 22.7 Å². The molecule has 162 valence electrons. The van der Waals surface area contributed by atoms with E-state index in [2.05, 4.69) is 11.2 Å². The van der Waals surface area contributed by atoms with E-state index in [4.69, 9.17) is 15.9 Å². The average Bonchev–Trinajstić information content (AvgIpc) is 2.83. The van der Waals surface area contributed by atoms with Crippen LogP contribution in [0.4, 0.5) is 5.69 Å². The smallest absolute Gasteiger partial charge is 0.303 e. The third-order valence-electron chi connectivity index (χ3n) is 5.58. The third-order valence-corrected chi connectivity index (χ3v) is 5.58. The Labute approximate surface area is 183 Å². The maximum absolute atomic E-state index is 13.5. The molecule has 6 nitrogen and oxygen atoms in total. The molecule has 1 aliphatic carbocycles. The van der Waals surface area contributed by atoms with Crippen molar-refractivity contribution < 1.29 is 19.1 Å². The molecule has 0 aliphatic heterocycles. The maximum atomic E-state index is 13.5. The largest absolute Gasteiger partial charge is 0.497 e. The highest BCUT2D eigenvalue weighted by molar-refractivity contribution is 6.09. The number of amides is 2. The van der Waals surface area contributed by atoms with Crippen LogP contribution in [0.1, 0.15) is 43.7 Å². The van der Waals surface area contributed by atoms with Crippen molar-refractivity contribution in [3.8, 4) is 23.8 Å². The number of carbonyl (C=O) groups is 2. The summed E-state index contributed by atoms with van der Waals surface area (Å²) in [6.45, 7) is 0. The zero-order valence-electron chi connectivity index (χ0n) is 18.0. The number of methoxy groups -OCH3 is 2. The zero-order valence-corrected chi connectivity index (χ0v) is 18.0. The van der Waals surface area contributed by atoms with E-state index >= 15 is 0 Å². The highest BCUT2D eigenvalue weighted by Gasteiger charge is 2.33. The van der Waals surface area contributed by atoms with Gasteiger partial charge in [0.25, 0.3) is 0 Å². The lowest BCUT2D eigenvalue weighted by Crippen LogP contribution is -2.47. The summed E-state index contributed by atoms with van der Waals surface area (Å²) in [7, 11) is 3.14. The monoisotopic (exact) mass is 420 g/mol. The van der Waals surface area contributed by atoms with Crippen LogP contribution in [0.3, 0.4) is 0 Å². The number of hydrogen-bond acceptors (Lipinski definition) is 4. The van der Waals surface area contributed by atoms with Gasteiger partial charge in [-0.1, -0.05) is 31.4 Å². The van der Waals surface area contributed by atoms with Crippen LogP contribution < -0.4 is 19.7 Å². The number of benzene rings is 2. The Morgan fingerprint density at radius 3 is 2.03 bits per heavy atom. The molecular weight excluding hydrogens is 392 g/mol. The van der Waals surface area contributed by atoms with Gasteiger partial charge in [0.2, 0.25) is 5.91 Å². The van der Waals surface area contributed by atoms with Crippen LogP contribution in [0.2, 0.25) is 0 Å². The van der Waals surface area contributed by atoms with Crippen molar-refractivity contribution in [2.24, 2.45) is 0 Å². The number of rotatable bonds is 7. The van der Waals surface area contributed by atoms with E-state index in [9.17, 15) is 9.59 Å². The van der Waals surface area contributed by atoms with Gasteiger partial charge in [0.15, 0.2) is 0 Å². The molecule has 3 rings (SSSR count). The second-order valence-corrected chi connectivity index (χ2v) is 7.54. The third kappa shape index (κ3) is 5.37. The fourth-order valence-corrected chi connectivity index (χ4v) is 3.93. The van der Waals surface area contributed by atoms with Crippen molar-refractivity contribution in [2.45, 2.75) is 44.2 Å². The number of nitrogens with one attached hydrogen (secondary N) is 1. The predicted octanol–water partition coefficient (Wildman–Crippen LogP) is 3.86. The van der Waals surface area contributed by atoms with Crippen LogP contribution >= 0.6 is 0 Å². The molecule has 6 heteroatoms. The lowest BCUT2D eigenvalue weighted by molar-refractivity contribution is -0.125. The normalized spacial score (nSPS) is 14.7. The summed E-state index contributed by atoms with van der Waals surface area (Å²) in [5, 5.41) is 3.14. The molecule has 2 amide bonds. The highest BCUT2D eigenvalue weighted by atomic mass is 16.5. The first kappa shape index (κ1) is 22.2. The van der Waals surface area contributed by atoms with Gasteiger partial charge in [-0.25, -0.2) is 0 Å². The molecule has 1 atom stereocenters. The molecule has 1 saturated carbocycles. The number of ether oxygens (including phenoxy) is 2. The van der Waals surface area contributed by atoms with Crippen molar-refractivity contribution in [3.63, 3.8) is 0 Å². The van der Waals surface area contributed by atoms with Crippen LogP contribution in [0.25, 0.3) is 0 Å². The molecule has 0 spiro atoms. The molecule has 1 fully saturated rings. The van der Waals surface area contributed by atoms with Crippen LogP contribution in [0.15, 0.2) is 48.5 Å². The van der Waals surface area contributed by atoms with Gasteiger partial charge in [-0.15, -0.1) is 6.42 Å². The predicted molar refractivity (Wildman–Crippen MR) is 120 cm³/mol. The van der Waals surface area contributed by atoms with Gasteiger partial charge in [-0.2, -0.15) is 0 Å². The summed E-state index contributed by atoms with van der Waals surface area (Å²) in [5.74, 6) is 2.63. The Hall–Kier alpha value is -3.46. The van der Waals surface area contributed by atoms with Crippen LogP contribution in [0.5, 0.6) is 11.5 Å². The van der Waals surface area contributed by atoms with Crippen molar-refractivity contribution in [2.75, 3.05) is 19.1 Å². The summed E-state index contributed by atoms with van der Waals surface area (Å²) >= 11 is 0. The second-order valence-electron chi connectivity index (χ2n) is 7.54. The molecule has 31 heavy (non-hydrogen) atoms. The fourth-order valence-electron chi connectivity index (χ4n) is 3.93. The molecule has 0 heterocycles. The summed E-state index contributed by atoms with van der Waals surface area (Å²) in [4.78, 5) is 27.7. The summed E-state index contributed by atoms with van der Waals surface area (Å²) in [6.07, 6.45) is 10.7. The number of hydrogen-bond donors (Lipinski definition) is 1. The van der Waals surface area contributed by atoms with Crippen molar-refractivity contribution in [1.29, 1.82) is 0 Å². The van der Waals surface area contributed by atoms with E-state index in [0.717, 1.165) is 25.7 Å². The molecule has 0 saturated heterocycles. The molecule has 0 aromatic heterocycles. The molecule has 1 unspecified atom stereocenters. The Kier molecular flexibility index (Phi) is 7.55. The Bertz CT molecular complexity index is 925. The Morgan fingerprint density at radius 2 is 1.52 bits per heavy atom. The number of anilines is 1. The molecule has 2 aromatic rings. The van der Waals surface area contributed by atoms with Crippen molar-refractivity contribution >= 4 is 17.5 Å². The SMILES string of the molecule is C#CC(=O)N(c1ccc(OC)cc1)C(C(=O)NC1CCCCC1)c1ccc(OC)cc1. The number of terminal acetylenes is 1. The minimum atomic E-state index is -0.912. The van der Waals surface area contributed by atoms with E-state index in [-0.39, 0.29) is 11.9 Å². The highest BCUT2D eigenvalue weighted by Crippen LogP contribution is 2.31. The van der Waals surface area contributed by atoms with Gasteiger partial charge in [0, 0.05) is 11.7 Å². The van der Waals surface area contributed by atoms with E-state index in [1.807, 2.05) is 0 Å². The molecule has 0 radical (unpaired) electrons. The van der Waals surface area contributed by atoms with Gasteiger partial charge >= 0.3 is 5.91 Å².